The number of fused-ring (bicyclic) bond motifs is 1. The Bertz CT molecular complexity index is 2110. The Hall–Kier alpha value is -5.79. The second-order valence-electron chi connectivity index (χ2n) is 14.2. The molecule has 2 amide bonds. The maximum atomic E-state index is 13.3. The molecule has 5 rings (SSSR count). The van der Waals surface area contributed by atoms with E-state index in [-0.39, 0.29) is 18.0 Å². The van der Waals surface area contributed by atoms with E-state index in [9.17, 15) is 27.6 Å². The Balaban J connectivity index is 1.28. The number of carbonyl (C=O) groups is 2. The summed E-state index contributed by atoms with van der Waals surface area (Å²) in [7, 11) is 0. The van der Waals surface area contributed by atoms with E-state index < -0.39 is 29.8 Å². The predicted octanol–water partition coefficient (Wildman–Crippen LogP) is 9.07. The van der Waals surface area contributed by atoms with Crippen LogP contribution in [0.25, 0.3) is 28.0 Å². The lowest BCUT2D eigenvalue weighted by Crippen LogP contribution is -2.37. The van der Waals surface area contributed by atoms with Gasteiger partial charge in [-0.25, -0.2) is 14.4 Å². The van der Waals surface area contributed by atoms with Crippen LogP contribution in [0.4, 0.5) is 22.8 Å². The molecule has 0 bridgehead atoms. The van der Waals surface area contributed by atoms with Gasteiger partial charge in [-0.1, -0.05) is 55.8 Å². The summed E-state index contributed by atoms with van der Waals surface area (Å²) in [5, 5.41) is 3.25. The molecule has 0 atom stereocenters. The van der Waals surface area contributed by atoms with Gasteiger partial charge < -0.3 is 29.4 Å². The number of benzene rings is 3. The van der Waals surface area contributed by atoms with Crippen molar-refractivity contribution >= 4 is 23.2 Å². The molecule has 0 saturated carbocycles. The van der Waals surface area contributed by atoms with E-state index in [1.807, 2.05) is 70.2 Å². The van der Waals surface area contributed by atoms with Crippen LogP contribution in [0, 0.1) is 0 Å². The number of H-pyrrole nitrogens is 1. The van der Waals surface area contributed by atoms with E-state index in [0.29, 0.717) is 66.8 Å². The maximum Gasteiger partial charge on any atom is 0.573 e. The number of ether oxygens (including phenoxy) is 3. The topological polar surface area (TPSA) is 128 Å². The average Bonchev–Trinajstić information content (AvgIpc) is 3.54. The zero-order valence-electron chi connectivity index (χ0n) is 31.4. The van der Waals surface area contributed by atoms with Gasteiger partial charge in [0.15, 0.2) is 0 Å². The number of carbonyl (C=O) groups excluding carboxylic acids is 2. The van der Waals surface area contributed by atoms with Gasteiger partial charge in [-0.15, -0.1) is 13.2 Å². The molecule has 11 nitrogen and oxygen atoms in total. The Kier molecular flexibility index (Phi) is 13.2. The first-order valence-electron chi connectivity index (χ1n) is 18.2. The molecule has 14 heteroatoms. The fourth-order valence-electron chi connectivity index (χ4n) is 5.80. The van der Waals surface area contributed by atoms with Gasteiger partial charge in [0.25, 0.3) is 0 Å². The van der Waals surface area contributed by atoms with Crippen LogP contribution in [0.5, 0.6) is 5.75 Å². The van der Waals surface area contributed by atoms with E-state index in [0.717, 1.165) is 24.0 Å². The summed E-state index contributed by atoms with van der Waals surface area (Å²) >= 11 is 0. The number of aromatic nitrogens is 3. The standard InChI is InChI=1S/C41H46F3N5O6/c1-5-6-20-48(39(52)55-40(2,3)4)25-28-15-17-33(18-16-28)49-26-32-24-35(46-36(32)47-37(49)50)31-21-30(22-34(23-31)54-41(42,43)44)14-10-11-19-45-38(51)53-27-29-12-8-7-9-13-29/h7-9,12-13,15-18,21-24,26H,5-6,10-11,14,19-20,25,27H2,1-4H3,(H,45,51)(H,46,47,50). The smallest absolute Gasteiger partial charge is 0.445 e. The summed E-state index contributed by atoms with van der Waals surface area (Å²) in [5.74, 6) is -0.381. The van der Waals surface area contributed by atoms with Crippen molar-refractivity contribution in [3.05, 3.63) is 112 Å². The Labute approximate surface area is 317 Å². The molecule has 5 aromatic rings. The van der Waals surface area contributed by atoms with E-state index >= 15 is 0 Å². The largest absolute Gasteiger partial charge is 0.573 e. The molecule has 2 N–H and O–H groups in total. The highest BCUT2D eigenvalue weighted by molar-refractivity contribution is 5.83. The second kappa shape index (κ2) is 18.0. The number of hydrogen-bond acceptors (Lipinski definition) is 7. The first-order chi connectivity index (χ1) is 26.2. The third-order valence-corrected chi connectivity index (χ3v) is 8.41. The van der Waals surface area contributed by atoms with Crippen LogP contribution in [0.3, 0.4) is 0 Å². The van der Waals surface area contributed by atoms with Crippen LogP contribution >= 0.6 is 0 Å². The molecule has 55 heavy (non-hydrogen) atoms. The van der Waals surface area contributed by atoms with Crippen molar-refractivity contribution in [2.24, 2.45) is 0 Å². The number of rotatable bonds is 15. The quantitative estimate of drug-likeness (QED) is 0.102. The van der Waals surface area contributed by atoms with Crippen LogP contribution in [0.2, 0.25) is 0 Å². The molecule has 0 fully saturated rings. The van der Waals surface area contributed by atoms with Crippen LogP contribution in [-0.2, 0) is 29.0 Å². The lowest BCUT2D eigenvalue weighted by Gasteiger charge is -2.27. The predicted molar refractivity (Wildman–Crippen MR) is 203 cm³/mol. The Morgan fingerprint density at radius 1 is 0.909 bits per heavy atom. The normalized spacial score (nSPS) is 11.7. The highest BCUT2D eigenvalue weighted by Gasteiger charge is 2.31. The van der Waals surface area contributed by atoms with Crippen LogP contribution in [-0.4, -0.2) is 56.7 Å². The zero-order valence-corrected chi connectivity index (χ0v) is 31.4. The van der Waals surface area contributed by atoms with E-state index in [1.54, 1.807) is 35.4 Å². The molecule has 3 aromatic carbocycles. The minimum Gasteiger partial charge on any atom is -0.445 e. The summed E-state index contributed by atoms with van der Waals surface area (Å²) in [4.78, 5) is 47.0. The summed E-state index contributed by atoms with van der Waals surface area (Å²) in [5.41, 5.74) is 2.80. The summed E-state index contributed by atoms with van der Waals surface area (Å²) < 4.78 is 56.4. The monoisotopic (exact) mass is 761 g/mol. The van der Waals surface area contributed by atoms with Crippen LogP contribution in [0.15, 0.2) is 89.9 Å². The first-order valence-corrected chi connectivity index (χ1v) is 18.2. The number of aromatic amines is 1. The van der Waals surface area contributed by atoms with Gasteiger partial charge in [0, 0.05) is 42.5 Å². The molecule has 2 aromatic heterocycles. The first kappa shape index (κ1) is 40.4. The Morgan fingerprint density at radius 2 is 1.65 bits per heavy atom. The minimum absolute atomic E-state index is 0.144. The molecular formula is C41H46F3N5O6. The number of nitrogens with one attached hydrogen (secondary N) is 2. The number of aryl methyl sites for hydroxylation is 1. The Morgan fingerprint density at radius 3 is 2.35 bits per heavy atom. The lowest BCUT2D eigenvalue weighted by atomic mass is 10.0. The van der Waals surface area contributed by atoms with Crippen LogP contribution in [0.1, 0.15) is 70.1 Å². The van der Waals surface area contributed by atoms with Gasteiger partial charge in [0.2, 0.25) is 0 Å². The van der Waals surface area contributed by atoms with Crippen molar-refractivity contribution in [1.29, 1.82) is 0 Å². The number of amides is 2. The van der Waals surface area contributed by atoms with E-state index in [2.05, 4.69) is 20.0 Å². The van der Waals surface area contributed by atoms with Crippen molar-refractivity contribution in [1.82, 2.24) is 24.8 Å². The molecule has 0 aliphatic heterocycles. The number of hydrogen-bond donors (Lipinski definition) is 2. The van der Waals surface area contributed by atoms with Gasteiger partial charge in [-0.3, -0.25) is 4.57 Å². The fraction of sp³-hybridized carbons (Fsp3) is 0.366. The van der Waals surface area contributed by atoms with E-state index in [1.165, 1.54) is 16.7 Å². The van der Waals surface area contributed by atoms with Crippen molar-refractivity contribution in [3.63, 3.8) is 0 Å². The highest BCUT2D eigenvalue weighted by Crippen LogP contribution is 2.31. The summed E-state index contributed by atoms with van der Waals surface area (Å²) in [6.45, 7) is 8.87. The number of unbranched alkanes of at least 4 members (excludes halogenated alkanes) is 2. The number of nitrogens with zero attached hydrogens (tertiary/aromatic N) is 3. The van der Waals surface area contributed by atoms with Crippen molar-refractivity contribution in [2.45, 2.75) is 84.9 Å². The molecule has 0 unspecified atom stereocenters. The lowest BCUT2D eigenvalue weighted by molar-refractivity contribution is -0.274. The molecule has 0 spiro atoms. The molecular weight excluding hydrogens is 715 g/mol. The molecule has 0 radical (unpaired) electrons. The summed E-state index contributed by atoms with van der Waals surface area (Å²) in [6.07, 6.45) is -0.951. The van der Waals surface area contributed by atoms with E-state index in [4.69, 9.17) is 9.47 Å². The minimum atomic E-state index is -4.90. The fourth-order valence-corrected chi connectivity index (χ4v) is 5.80. The van der Waals surface area contributed by atoms with Gasteiger partial charge in [-0.05, 0) is 99.5 Å². The third kappa shape index (κ3) is 12.4. The third-order valence-electron chi connectivity index (χ3n) is 8.41. The molecule has 0 aliphatic rings. The maximum absolute atomic E-state index is 13.3. The molecule has 2 heterocycles. The highest BCUT2D eigenvalue weighted by atomic mass is 19.4. The van der Waals surface area contributed by atoms with Gasteiger partial charge in [-0.2, -0.15) is 4.98 Å². The second-order valence-corrected chi connectivity index (χ2v) is 14.2. The van der Waals surface area contributed by atoms with Gasteiger partial charge in [0.05, 0.1) is 5.69 Å². The van der Waals surface area contributed by atoms with Crippen molar-refractivity contribution in [3.8, 4) is 22.7 Å². The molecule has 0 saturated heterocycles. The van der Waals surface area contributed by atoms with Crippen molar-refractivity contribution in [2.75, 3.05) is 13.1 Å². The summed E-state index contributed by atoms with van der Waals surface area (Å²) in [6, 6.07) is 22.5. The molecule has 0 aliphatic carbocycles. The van der Waals surface area contributed by atoms with Gasteiger partial charge in [0.1, 0.15) is 23.6 Å². The molecule has 292 valence electrons. The zero-order chi connectivity index (χ0) is 39.6. The van der Waals surface area contributed by atoms with Crippen LogP contribution < -0.4 is 15.7 Å². The number of alkyl halides is 3. The SMILES string of the molecule is CCCCN(Cc1ccc(-n2cc3cc(-c4cc(CCCCNC(=O)OCc5ccccc5)cc(OC(F)(F)F)c4)[nH]c3nc2=O)cc1)C(=O)OC(C)(C)C. The van der Waals surface area contributed by atoms with Gasteiger partial charge >= 0.3 is 24.2 Å². The van der Waals surface area contributed by atoms with Crippen molar-refractivity contribution < 1.29 is 37.0 Å². The number of alkyl carbamates (subject to hydrolysis) is 1. The average molecular weight is 762 g/mol. The number of halogens is 3.